The number of benzene rings is 2. The lowest BCUT2D eigenvalue weighted by atomic mass is 10.1. The van der Waals surface area contributed by atoms with Crippen molar-refractivity contribution in [1.29, 1.82) is 0 Å². The molecule has 1 atom stereocenters. The molecule has 2 aromatic rings. The Hall–Kier alpha value is -2.78. The van der Waals surface area contributed by atoms with Gasteiger partial charge < -0.3 is 15.0 Å². The van der Waals surface area contributed by atoms with Crippen LogP contribution < -0.4 is 14.4 Å². The monoisotopic (exact) mass is 509 g/mol. The average Bonchev–Trinajstić information content (AvgIpc) is 2.73. The van der Waals surface area contributed by atoms with Crippen molar-refractivity contribution in [2.45, 2.75) is 45.8 Å². The fourth-order valence-corrected chi connectivity index (χ4v) is 4.39. The molecule has 34 heavy (non-hydrogen) atoms. The molecule has 1 unspecified atom stereocenters. The van der Waals surface area contributed by atoms with Crippen LogP contribution in [0.4, 0.5) is 5.69 Å². The standard InChI is InChI=1S/C24H32ClN3O5S/c1-17(23(30)26-24(2,3)4)27(15-18-10-9-11-19(25)14-18)22(29)16-28(34(6,31)32)20-12-7-8-13-21(20)33-5/h7-14,17H,15-16H2,1-6H3,(H,26,30). The summed E-state index contributed by atoms with van der Waals surface area (Å²) in [7, 11) is -2.43. The Labute approximate surface area is 206 Å². The van der Waals surface area contributed by atoms with Crippen LogP contribution in [-0.4, -0.2) is 56.6 Å². The van der Waals surface area contributed by atoms with Crippen molar-refractivity contribution >= 4 is 39.1 Å². The van der Waals surface area contributed by atoms with Gasteiger partial charge in [-0.1, -0.05) is 35.9 Å². The Kier molecular flexibility index (Phi) is 8.96. The molecule has 8 nitrogen and oxygen atoms in total. The van der Waals surface area contributed by atoms with Gasteiger partial charge in [-0.15, -0.1) is 0 Å². The molecular formula is C24H32ClN3O5S. The molecule has 0 aliphatic carbocycles. The number of para-hydroxylation sites is 2. The van der Waals surface area contributed by atoms with Gasteiger partial charge in [0.25, 0.3) is 0 Å². The van der Waals surface area contributed by atoms with Gasteiger partial charge in [-0.25, -0.2) is 8.42 Å². The molecule has 0 radical (unpaired) electrons. The van der Waals surface area contributed by atoms with Gasteiger partial charge in [-0.05, 0) is 57.5 Å². The van der Waals surface area contributed by atoms with E-state index in [0.29, 0.717) is 16.3 Å². The lowest BCUT2D eigenvalue weighted by Gasteiger charge is -2.33. The summed E-state index contributed by atoms with van der Waals surface area (Å²) in [5, 5.41) is 3.36. The van der Waals surface area contributed by atoms with E-state index in [1.165, 1.54) is 12.0 Å². The zero-order chi connectivity index (χ0) is 25.7. The Morgan fingerprint density at radius 2 is 1.76 bits per heavy atom. The van der Waals surface area contributed by atoms with Crippen molar-refractivity contribution in [2.75, 3.05) is 24.2 Å². The first-order valence-corrected chi connectivity index (χ1v) is 12.9. The van der Waals surface area contributed by atoms with Crippen molar-refractivity contribution in [1.82, 2.24) is 10.2 Å². The van der Waals surface area contributed by atoms with Gasteiger partial charge in [-0.3, -0.25) is 13.9 Å². The number of carbonyl (C=O) groups excluding carboxylic acids is 2. The molecule has 186 valence electrons. The Bertz CT molecular complexity index is 1130. The molecule has 2 rings (SSSR count). The summed E-state index contributed by atoms with van der Waals surface area (Å²) >= 11 is 6.11. The zero-order valence-electron chi connectivity index (χ0n) is 20.3. The number of hydrogen-bond acceptors (Lipinski definition) is 5. The summed E-state index contributed by atoms with van der Waals surface area (Å²) in [6.07, 6.45) is 1.02. The second-order valence-corrected chi connectivity index (χ2v) is 11.4. The van der Waals surface area contributed by atoms with Crippen LogP contribution in [0.3, 0.4) is 0 Å². The lowest BCUT2D eigenvalue weighted by molar-refractivity contribution is -0.140. The molecule has 2 aromatic carbocycles. The van der Waals surface area contributed by atoms with E-state index in [1.54, 1.807) is 55.5 Å². The number of methoxy groups -OCH3 is 1. The van der Waals surface area contributed by atoms with Gasteiger partial charge in [0.2, 0.25) is 21.8 Å². The first kappa shape index (κ1) is 27.5. The lowest BCUT2D eigenvalue weighted by Crippen LogP contribution is -2.54. The van der Waals surface area contributed by atoms with Gasteiger partial charge in [0.1, 0.15) is 18.3 Å². The molecule has 0 bridgehead atoms. The van der Waals surface area contributed by atoms with Crippen LogP contribution in [0.5, 0.6) is 5.75 Å². The van der Waals surface area contributed by atoms with Crippen LogP contribution in [0, 0.1) is 0 Å². The van der Waals surface area contributed by atoms with Crippen molar-refractivity contribution in [3.63, 3.8) is 0 Å². The maximum Gasteiger partial charge on any atom is 0.244 e. The van der Waals surface area contributed by atoms with E-state index in [4.69, 9.17) is 16.3 Å². The highest BCUT2D eigenvalue weighted by Gasteiger charge is 2.32. The first-order chi connectivity index (χ1) is 15.7. The third-order valence-corrected chi connectivity index (χ3v) is 6.30. The topological polar surface area (TPSA) is 96.0 Å². The van der Waals surface area contributed by atoms with Crippen molar-refractivity contribution in [3.8, 4) is 5.75 Å². The highest BCUT2D eigenvalue weighted by atomic mass is 35.5. The number of anilines is 1. The number of ether oxygens (including phenoxy) is 1. The van der Waals surface area contributed by atoms with Crippen LogP contribution in [0.2, 0.25) is 5.02 Å². The van der Waals surface area contributed by atoms with Crippen molar-refractivity contribution in [3.05, 3.63) is 59.1 Å². The third-order valence-electron chi connectivity index (χ3n) is 4.94. The van der Waals surface area contributed by atoms with Crippen LogP contribution in [0.25, 0.3) is 0 Å². The van der Waals surface area contributed by atoms with Gasteiger partial charge >= 0.3 is 0 Å². The van der Waals surface area contributed by atoms with E-state index >= 15 is 0 Å². The second kappa shape index (κ2) is 11.1. The molecule has 0 saturated heterocycles. The third kappa shape index (κ3) is 7.63. The predicted octanol–water partition coefficient (Wildman–Crippen LogP) is 3.45. The number of rotatable bonds is 9. The van der Waals surface area contributed by atoms with E-state index in [2.05, 4.69) is 5.32 Å². The Morgan fingerprint density at radius 3 is 2.32 bits per heavy atom. The summed E-state index contributed by atoms with van der Waals surface area (Å²) in [6.45, 7) is 6.70. The number of nitrogens with zero attached hydrogens (tertiary/aromatic N) is 2. The summed E-state index contributed by atoms with van der Waals surface area (Å²) in [6, 6.07) is 12.6. The minimum atomic E-state index is -3.85. The SMILES string of the molecule is COc1ccccc1N(CC(=O)N(Cc1cccc(Cl)c1)C(C)C(=O)NC(C)(C)C)S(C)(=O)=O. The van der Waals surface area contributed by atoms with E-state index in [9.17, 15) is 18.0 Å². The minimum Gasteiger partial charge on any atom is -0.495 e. The minimum absolute atomic E-state index is 0.0711. The molecule has 0 aliphatic rings. The maximum atomic E-state index is 13.5. The van der Waals surface area contributed by atoms with Gasteiger partial charge in [0.05, 0.1) is 19.1 Å². The number of amides is 2. The quantitative estimate of drug-likeness (QED) is 0.558. The summed E-state index contributed by atoms with van der Waals surface area (Å²) in [5.41, 5.74) is 0.432. The summed E-state index contributed by atoms with van der Waals surface area (Å²) in [5.74, 6) is -0.598. The largest absolute Gasteiger partial charge is 0.495 e. The van der Waals surface area contributed by atoms with Crippen molar-refractivity contribution < 1.29 is 22.7 Å². The molecule has 10 heteroatoms. The number of sulfonamides is 1. The van der Waals surface area contributed by atoms with Crippen molar-refractivity contribution in [2.24, 2.45) is 0 Å². The average molecular weight is 510 g/mol. The number of hydrogen-bond donors (Lipinski definition) is 1. The van der Waals surface area contributed by atoms with Crippen LogP contribution in [0.1, 0.15) is 33.3 Å². The highest BCUT2D eigenvalue weighted by Crippen LogP contribution is 2.29. The maximum absolute atomic E-state index is 13.5. The van der Waals surface area contributed by atoms with E-state index in [1.807, 2.05) is 20.8 Å². The highest BCUT2D eigenvalue weighted by molar-refractivity contribution is 7.92. The molecule has 0 heterocycles. The van der Waals surface area contributed by atoms with E-state index in [-0.39, 0.29) is 18.1 Å². The van der Waals surface area contributed by atoms with Gasteiger partial charge in [0.15, 0.2) is 0 Å². The number of nitrogens with one attached hydrogen (secondary N) is 1. The Morgan fingerprint density at radius 1 is 1.12 bits per heavy atom. The van der Waals surface area contributed by atoms with E-state index < -0.39 is 34.1 Å². The molecule has 1 N–H and O–H groups in total. The van der Waals surface area contributed by atoms with Gasteiger partial charge in [0, 0.05) is 17.1 Å². The Balaban J connectivity index is 2.44. The molecule has 0 aromatic heterocycles. The molecule has 0 aliphatic heterocycles. The molecule has 0 spiro atoms. The van der Waals surface area contributed by atoms with Crippen LogP contribution in [0.15, 0.2) is 48.5 Å². The van der Waals surface area contributed by atoms with Gasteiger partial charge in [-0.2, -0.15) is 0 Å². The number of carbonyl (C=O) groups is 2. The summed E-state index contributed by atoms with van der Waals surface area (Å²) < 4.78 is 31.6. The van der Waals surface area contributed by atoms with Crippen LogP contribution in [-0.2, 0) is 26.2 Å². The predicted molar refractivity (Wildman–Crippen MR) is 135 cm³/mol. The normalized spacial score (nSPS) is 12.6. The molecule has 0 fully saturated rings. The second-order valence-electron chi connectivity index (χ2n) is 9.01. The molecular weight excluding hydrogens is 478 g/mol. The first-order valence-electron chi connectivity index (χ1n) is 10.7. The smallest absolute Gasteiger partial charge is 0.244 e. The molecule has 0 saturated carbocycles. The zero-order valence-corrected chi connectivity index (χ0v) is 21.9. The van der Waals surface area contributed by atoms with Crippen LogP contribution >= 0.6 is 11.6 Å². The number of halogens is 1. The fourth-order valence-electron chi connectivity index (χ4n) is 3.32. The summed E-state index contributed by atoms with van der Waals surface area (Å²) in [4.78, 5) is 27.8. The molecule has 2 amide bonds. The van der Waals surface area contributed by atoms with E-state index in [0.717, 1.165) is 10.6 Å². The fraction of sp³-hybridized carbons (Fsp3) is 0.417.